The minimum atomic E-state index is -1.46. The first-order valence-electron chi connectivity index (χ1n) is 5.19. The highest BCUT2D eigenvalue weighted by molar-refractivity contribution is 5.76. The Morgan fingerprint density at radius 2 is 1.65 bits per heavy atom. The van der Waals surface area contributed by atoms with Gasteiger partial charge in [-0.2, -0.15) is 0 Å². The van der Waals surface area contributed by atoms with Crippen molar-refractivity contribution in [1.29, 1.82) is 0 Å². The molecule has 0 radical (unpaired) electrons. The summed E-state index contributed by atoms with van der Waals surface area (Å²) in [6.07, 6.45) is -6.21. The molecule has 0 aromatic carbocycles. The minimum absolute atomic E-state index is 0.138. The van der Waals surface area contributed by atoms with E-state index >= 15 is 0 Å². The van der Waals surface area contributed by atoms with Crippen molar-refractivity contribution in [3.63, 3.8) is 0 Å². The number of aliphatic hydroxyl groups is 5. The lowest BCUT2D eigenvalue weighted by atomic mass is 9.95. The highest BCUT2D eigenvalue weighted by Gasteiger charge is 2.43. The van der Waals surface area contributed by atoms with Gasteiger partial charge in [0.2, 0.25) is 5.91 Å². The standard InChI is InChI=1S/C9H17NO7/c11-2-5-8(15)9(16)7(14)4(17-5)1-10-6(13)3-12/h4-5,7-9,11-12,14-16H,1-3H2,(H,10,13)/t4-,5-,7+,8-,9-/m1/s1. The third kappa shape index (κ3) is 3.35. The van der Waals surface area contributed by atoms with Crippen LogP contribution in [0.1, 0.15) is 0 Å². The van der Waals surface area contributed by atoms with Crippen LogP contribution in [0, 0.1) is 0 Å². The molecule has 100 valence electrons. The van der Waals surface area contributed by atoms with E-state index in [1.807, 2.05) is 0 Å². The molecule has 17 heavy (non-hydrogen) atoms. The van der Waals surface area contributed by atoms with Gasteiger partial charge < -0.3 is 35.6 Å². The molecule has 0 spiro atoms. The second-order valence-electron chi connectivity index (χ2n) is 3.83. The molecule has 6 N–H and O–H groups in total. The molecule has 1 amide bonds. The molecule has 8 nitrogen and oxygen atoms in total. The normalized spacial score (nSPS) is 37.8. The number of carbonyl (C=O) groups is 1. The predicted molar refractivity (Wildman–Crippen MR) is 53.9 cm³/mol. The summed E-state index contributed by atoms with van der Waals surface area (Å²) in [6, 6.07) is 0. The lowest BCUT2D eigenvalue weighted by Crippen LogP contribution is -2.60. The average Bonchev–Trinajstić information content (AvgIpc) is 2.34. The third-order valence-electron chi connectivity index (χ3n) is 2.64. The largest absolute Gasteiger partial charge is 0.394 e. The third-order valence-corrected chi connectivity index (χ3v) is 2.64. The van der Waals surface area contributed by atoms with Crippen LogP contribution in [0.2, 0.25) is 0 Å². The molecule has 5 atom stereocenters. The summed E-state index contributed by atoms with van der Waals surface area (Å²) >= 11 is 0. The van der Waals surface area contributed by atoms with Crippen molar-refractivity contribution in [2.75, 3.05) is 19.8 Å². The number of ether oxygens (including phenoxy) is 1. The van der Waals surface area contributed by atoms with Gasteiger partial charge in [-0.1, -0.05) is 0 Å². The number of hydrogen-bond acceptors (Lipinski definition) is 7. The van der Waals surface area contributed by atoms with Crippen molar-refractivity contribution in [2.24, 2.45) is 0 Å². The molecule has 1 aliphatic heterocycles. The van der Waals surface area contributed by atoms with E-state index in [1.165, 1.54) is 0 Å². The van der Waals surface area contributed by atoms with E-state index in [0.717, 1.165) is 0 Å². The van der Waals surface area contributed by atoms with Gasteiger partial charge >= 0.3 is 0 Å². The molecule has 0 aromatic heterocycles. The van der Waals surface area contributed by atoms with Gasteiger partial charge in [0.05, 0.1) is 6.61 Å². The zero-order valence-electron chi connectivity index (χ0n) is 9.06. The second-order valence-corrected chi connectivity index (χ2v) is 3.83. The Hall–Kier alpha value is -0.770. The quantitative estimate of drug-likeness (QED) is 0.299. The lowest BCUT2D eigenvalue weighted by molar-refractivity contribution is -0.227. The van der Waals surface area contributed by atoms with E-state index in [0.29, 0.717) is 0 Å². The molecule has 1 rings (SSSR count). The van der Waals surface area contributed by atoms with Crippen molar-refractivity contribution in [2.45, 2.75) is 30.5 Å². The molecule has 1 heterocycles. The molecule has 0 aromatic rings. The second kappa shape index (κ2) is 6.24. The van der Waals surface area contributed by atoms with Crippen molar-refractivity contribution >= 4 is 5.91 Å². The van der Waals surface area contributed by atoms with Crippen molar-refractivity contribution in [1.82, 2.24) is 5.32 Å². The summed E-state index contributed by atoms with van der Waals surface area (Å²) < 4.78 is 5.12. The van der Waals surface area contributed by atoms with E-state index < -0.39 is 49.6 Å². The van der Waals surface area contributed by atoms with E-state index in [2.05, 4.69) is 5.32 Å². The maximum atomic E-state index is 10.8. The number of aliphatic hydroxyl groups excluding tert-OH is 5. The molecular weight excluding hydrogens is 234 g/mol. The number of rotatable bonds is 4. The van der Waals surface area contributed by atoms with Crippen LogP contribution in [0.15, 0.2) is 0 Å². The first-order chi connectivity index (χ1) is 8.01. The molecule has 0 unspecified atom stereocenters. The van der Waals surface area contributed by atoms with Gasteiger partial charge in [0.25, 0.3) is 0 Å². The van der Waals surface area contributed by atoms with E-state index in [9.17, 15) is 20.1 Å². The van der Waals surface area contributed by atoms with Gasteiger partial charge in [0, 0.05) is 6.54 Å². The van der Waals surface area contributed by atoms with E-state index in [4.69, 9.17) is 14.9 Å². The number of carbonyl (C=O) groups excluding carboxylic acids is 1. The topological polar surface area (TPSA) is 139 Å². The molecule has 0 aliphatic carbocycles. The van der Waals surface area contributed by atoms with Crippen LogP contribution in [0.25, 0.3) is 0 Å². The van der Waals surface area contributed by atoms with Gasteiger partial charge in [0.15, 0.2) is 0 Å². The molecule has 0 saturated carbocycles. The Kier molecular flexibility index (Phi) is 5.25. The first-order valence-corrected chi connectivity index (χ1v) is 5.19. The van der Waals surface area contributed by atoms with E-state index in [1.54, 1.807) is 0 Å². The zero-order chi connectivity index (χ0) is 13.0. The summed E-state index contributed by atoms with van der Waals surface area (Å²) in [5.74, 6) is -0.651. The smallest absolute Gasteiger partial charge is 0.245 e. The monoisotopic (exact) mass is 251 g/mol. The highest BCUT2D eigenvalue weighted by atomic mass is 16.5. The first kappa shape index (κ1) is 14.3. The minimum Gasteiger partial charge on any atom is -0.394 e. The molecule has 8 heteroatoms. The Labute approximate surface area is 97.4 Å². The van der Waals surface area contributed by atoms with Crippen LogP contribution in [0.5, 0.6) is 0 Å². The summed E-state index contributed by atoms with van der Waals surface area (Å²) in [4.78, 5) is 10.8. The summed E-state index contributed by atoms with van der Waals surface area (Å²) in [5, 5.41) is 48.1. The van der Waals surface area contributed by atoms with Gasteiger partial charge in [-0.05, 0) is 0 Å². The van der Waals surface area contributed by atoms with Gasteiger partial charge in [-0.25, -0.2) is 0 Å². The van der Waals surface area contributed by atoms with E-state index in [-0.39, 0.29) is 6.54 Å². The number of nitrogens with one attached hydrogen (secondary N) is 1. The molecule has 0 bridgehead atoms. The SMILES string of the molecule is O=C(CO)NC[C@H]1O[C@H](CO)[C@@H](O)[C@H](O)[C@H]1O. The summed E-state index contributed by atoms with van der Waals surface area (Å²) in [6.45, 7) is -1.35. The van der Waals surface area contributed by atoms with Gasteiger partial charge in [-0.15, -0.1) is 0 Å². The van der Waals surface area contributed by atoms with Crippen LogP contribution >= 0.6 is 0 Å². The van der Waals surface area contributed by atoms with Gasteiger partial charge in [-0.3, -0.25) is 4.79 Å². The van der Waals surface area contributed by atoms with Crippen LogP contribution in [0.4, 0.5) is 0 Å². The average molecular weight is 251 g/mol. The number of amides is 1. The molecule has 1 aliphatic rings. The van der Waals surface area contributed by atoms with Crippen LogP contribution in [0.3, 0.4) is 0 Å². The number of hydrogen-bond donors (Lipinski definition) is 6. The Morgan fingerprint density at radius 1 is 1.06 bits per heavy atom. The van der Waals surface area contributed by atoms with Crippen molar-refractivity contribution < 1.29 is 35.1 Å². The van der Waals surface area contributed by atoms with Crippen LogP contribution < -0.4 is 5.32 Å². The lowest BCUT2D eigenvalue weighted by Gasteiger charge is -2.40. The van der Waals surface area contributed by atoms with Crippen molar-refractivity contribution in [3.8, 4) is 0 Å². The Morgan fingerprint density at radius 3 is 2.18 bits per heavy atom. The van der Waals surface area contributed by atoms with Crippen molar-refractivity contribution in [3.05, 3.63) is 0 Å². The highest BCUT2D eigenvalue weighted by Crippen LogP contribution is 2.20. The molecule has 1 saturated heterocycles. The predicted octanol–water partition coefficient (Wildman–Crippen LogP) is -4.06. The summed E-state index contributed by atoms with van der Waals surface area (Å²) in [5.41, 5.74) is 0. The van der Waals surface area contributed by atoms with Crippen LogP contribution in [-0.2, 0) is 9.53 Å². The summed E-state index contributed by atoms with van der Waals surface area (Å²) in [7, 11) is 0. The van der Waals surface area contributed by atoms with Crippen LogP contribution in [-0.4, -0.2) is 81.7 Å². The Balaban J connectivity index is 2.56. The maximum absolute atomic E-state index is 10.8. The molecular formula is C9H17NO7. The maximum Gasteiger partial charge on any atom is 0.245 e. The fraction of sp³-hybridized carbons (Fsp3) is 0.889. The zero-order valence-corrected chi connectivity index (χ0v) is 9.06. The fourth-order valence-corrected chi connectivity index (χ4v) is 1.62. The molecule has 1 fully saturated rings. The Bertz CT molecular complexity index is 260. The fourth-order valence-electron chi connectivity index (χ4n) is 1.62. The van der Waals surface area contributed by atoms with Gasteiger partial charge in [0.1, 0.15) is 37.1 Å².